The summed E-state index contributed by atoms with van der Waals surface area (Å²) in [6, 6.07) is 130. The van der Waals surface area contributed by atoms with Crippen LogP contribution < -0.4 is 0 Å². The molecule has 4 heterocycles. The fourth-order valence-corrected chi connectivity index (χ4v) is 14.4. The van der Waals surface area contributed by atoms with E-state index in [9.17, 15) is 0 Å². The van der Waals surface area contributed by atoms with E-state index in [-0.39, 0.29) is 0 Å². The quantitative estimate of drug-likeness (QED) is 0.150. The molecule has 7 heteroatoms. The fraction of sp³-hybridized carbons (Fsp3) is 0.0396. The zero-order valence-electron chi connectivity index (χ0n) is 60.3. The van der Waals surface area contributed by atoms with Crippen LogP contribution in [0.25, 0.3) is 176 Å². The minimum Gasteiger partial charge on any atom is -0.253 e. The molecule has 0 N–H and O–H groups in total. The third-order valence-electron chi connectivity index (χ3n) is 19.8. The summed E-state index contributed by atoms with van der Waals surface area (Å²) in [6.07, 6.45) is 0. The first-order valence-electron chi connectivity index (χ1n) is 36.5. The van der Waals surface area contributed by atoms with Crippen LogP contribution in [0.1, 0.15) is 22.8 Å². The first-order valence-corrected chi connectivity index (χ1v) is 36.5. The molecule has 7 nitrogen and oxygen atoms in total. The first-order chi connectivity index (χ1) is 53.1. The van der Waals surface area contributed by atoms with Crippen molar-refractivity contribution in [3.63, 3.8) is 0 Å². The molecule has 512 valence electrons. The number of fused-ring (bicyclic) bond motifs is 8. The lowest BCUT2D eigenvalue weighted by molar-refractivity contribution is 0.993. The predicted octanol–water partition coefficient (Wildman–Crippen LogP) is 26.3. The van der Waals surface area contributed by atoms with E-state index in [0.29, 0.717) is 11.6 Å². The van der Waals surface area contributed by atoms with Crippen molar-refractivity contribution in [2.24, 2.45) is 0 Å². The van der Waals surface area contributed by atoms with Crippen LogP contribution >= 0.6 is 0 Å². The van der Waals surface area contributed by atoms with Crippen LogP contribution in [0, 0.1) is 27.7 Å². The molecule has 108 heavy (non-hydrogen) atoms. The van der Waals surface area contributed by atoms with E-state index in [0.717, 1.165) is 90.1 Å². The summed E-state index contributed by atoms with van der Waals surface area (Å²) >= 11 is 0. The Morgan fingerprint density at radius 2 is 0.472 bits per heavy atom. The van der Waals surface area contributed by atoms with Crippen molar-refractivity contribution < 1.29 is 0 Å². The Bertz CT molecular complexity index is 5980. The number of aryl methyl sites for hydroxylation is 4. The normalized spacial score (nSPS) is 11.1. The minimum absolute atomic E-state index is 0.705. The molecule has 0 atom stereocenters. The van der Waals surface area contributed by atoms with Gasteiger partial charge in [0.2, 0.25) is 0 Å². The molecule has 0 saturated heterocycles. The number of aromatic nitrogens is 7. The van der Waals surface area contributed by atoms with Gasteiger partial charge in [-0.25, -0.2) is 29.9 Å². The SMILES string of the molecule is Cc1cc(-c2ccc3ccccc3c2)cc(-c2ccc3ccccc3c2)n1.Cc1cc(-c2ccc3ccccc3c2)nc(-c2ccc3ccccc3c2)c1.Cc1cc(-c2ccc3ccccc3c2)nc(-c2ccc3ccccc3c2)n1.Cc1nc(-c2ccc3ccccc3c2)nc(-c2cccc3ccccc23)n1. The molecule has 0 aliphatic rings. The van der Waals surface area contributed by atoms with Gasteiger partial charge in [0.1, 0.15) is 5.82 Å². The number of hydrogen-bond donors (Lipinski definition) is 0. The molecule has 20 aromatic rings. The third-order valence-corrected chi connectivity index (χ3v) is 19.8. The Labute approximate surface area is 628 Å². The van der Waals surface area contributed by atoms with Gasteiger partial charge in [-0.2, -0.15) is 0 Å². The maximum Gasteiger partial charge on any atom is 0.164 e. The zero-order chi connectivity index (χ0) is 72.9. The molecule has 0 amide bonds. The predicted molar refractivity (Wildman–Crippen MR) is 453 cm³/mol. The second kappa shape index (κ2) is 30.0. The van der Waals surface area contributed by atoms with Crippen molar-refractivity contribution in [3.8, 4) is 90.3 Å². The van der Waals surface area contributed by atoms with Crippen LogP contribution in [0.15, 0.2) is 370 Å². The van der Waals surface area contributed by atoms with Crippen molar-refractivity contribution in [2.45, 2.75) is 27.7 Å². The maximum atomic E-state index is 4.99. The van der Waals surface area contributed by atoms with Crippen LogP contribution in [0.2, 0.25) is 0 Å². The Balaban J connectivity index is 0.000000105. The van der Waals surface area contributed by atoms with Gasteiger partial charge in [0.15, 0.2) is 17.5 Å². The number of nitrogens with zero attached hydrogens (tertiary/aromatic N) is 7. The Morgan fingerprint density at radius 1 is 0.167 bits per heavy atom. The van der Waals surface area contributed by atoms with Crippen molar-refractivity contribution in [1.82, 2.24) is 34.9 Å². The molecular formula is C101H73N7. The highest BCUT2D eigenvalue weighted by atomic mass is 15.0. The zero-order valence-corrected chi connectivity index (χ0v) is 60.3. The first kappa shape index (κ1) is 67.2. The minimum atomic E-state index is 0.705. The van der Waals surface area contributed by atoms with E-state index in [1.54, 1.807) is 0 Å². The molecule has 0 aliphatic carbocycles. The molecule has 0 bridgehead atoms. The van der Waals surface area contributed by atoms with Crippen LogP contribution in [0.4, 0.5) is 0 Å². The lowest BCUT2D eigenvalue weighted by Crippen LogP contribution is -2.00. The second-order valence-electron chi connectivity index (χ2n) is 27.5. The molecular weight excluding hydrogens is 1310 g/mol. The Morgan fingerprint density at radius 3 is 0.898 bits per heavy atom. The Hall–Kier alpha value is -14.0. The van der Waals surface area contributed by atoms with Crippen LogP contribution in [0.3, 0.4) is 0 Å². The standard InChI is InChI=1S/2C26H19N.C25H18N2.C24H17N3/c1-18-14-25(23-12-10-19-6-2-4-8-21(19)15-23)17-26(27-18)24-13-11-20-7-3-5-9-22(20)16-24;1-18-14-25(23-12-10-19-6-2-4-8-21(19)16-23)27-26(15-18)24-13-11-20-7-3-5-9-22(20)17-24;1-17-14-24(22-12-10-18-6-2-4-8-20(18)15-22)27-25(26-17)23-13-11-19-7-3-5-9-21(19)16-23;1-16-25-23(20-14-13-17-7-2-3-9-19(17)15-20)27-24(26-16)22-12-6-10-18-8-4-5-11-21(18)22/h2*2-17H,1H3;2-16H,1H3;2-15H,1H3. The van der Waals surface area contributed by atoms with Gasteiger partial charge >= 0.3 is 0 Å². The van der Waals surface area contributed by atoms with Crippen molar-refractivity contribution in [2.75, 3.05) is 0 Å². The molecule has 0 fully saturated rings. The summed E-state index contributed by atoms with van der Waals surface area (Å²) in [5, 5.41) is 19.6. The second-order valence-corrected chi connectivity index (χ2v) is 27.5. The molecule has 0 spiro atoms. The fourth-order valence-electron chi connectivity index (χ4n) is 14.4. The topological polar surface area (TPSA) is 90.2 Å². The molecule has 0 unspecified atom stereocenters. The van der Waals surface area contributed by atoms with Crippen LogP contribution in [-0.2, 0) is 0 Å². The molecule has 16 aromatic carbocycles. The van der Waals surface area contributed by atoms with E-state index < -0.39 is 0 Å². The number of rotatable bonds is 8. The van der Waals surface area contributed by atoms with Gasteiger partial charge in [0, 0.05) is 50.3 Å². The largest absolute Gasteiger partial charge is 0.253 e. The Kier molecular flexibility index (Phi) is 18.7. The van der Waals surface area contributed by atoms with Gasteiger partial charge in [-0.05, 0) is 203 Å². The summed E-state index contributed by atoms with van der Waals surface area (Å²) < 4.78 is 0. The van der Waals surface area contributed by atoms with Crippen molar-refractivity contribution in [1.29, 1.82) is 0 Å². The van der Waals surface area contributed by atoms with E-state index in [1.165, 1.54) is 97.5 Å². The van der Waals surface area contributed by atoms with Gasteiger partial charge in [-0.15, -0.1) is 0 Å². The monoisotopic (exact) mass is 1380 g/mol. The van der Waals surface area contributed by atoms with E-state index in [1.807, 2.05) is 44.2 Å². The lowest BCUT2D eigenvalue weighted by Gasteiger charge is -2.09. The number of pyridine rings is 2. The summed E-state index contributed by atoms with van der Waals surface area (Å²) in [4.78, 5) is 33.4. The van der Waals surface area contributed by atoms with Crippen LogP contribution in [-0.4, -0.2) is 34.9 Å². The van der Waals surface area contributed by atoms with E-state index in [2.05, 4.69) is 369 Å². The third kappa shape index (κ3) is 14.8. The maximum absolute atomic E-state index is 4.99. The van der Waals surface area contributed by atoms with Gasteiger partial charge in [-0.1, -0.05) is 297 Å². The van der Waals surface area contributed by atoms with E-state index in [4.69, 9.17) is 19.9 Å². The average Bonchev–Trinajstić information content (AvgIpc) is 0.806. The molecule has 4 aromatic heterocycles. The average molecular weight is 1380 g/mol. The highest BCUT2D eigenvalue weighted by Gasteiger charge is 2.15. The molecule has 0 aliphatic heterocycles. The van der Waals surface area contributed by atoms with Gasteiger partial charge in [0.25, 0.3) is 0 Å². The highest BCUT2D eigenvalue weighted by Crippen LogP contribution is 2.35. The summed E-state index contributed by atoms with van der Waals surface area (Å²) in [5.74, 6) is 2.90. The summed E-state index contributed by atoms with van der Waals surface area (Å²) in [6.45, 7) is 8.14. The number of hydrogen-bond acceptors (Lipinski definition) is 7. The summed E-state index contributed by atoms with van der Waals surface area (Å²) in [5.41, 5.74) is 17.3. The van der Waals surface area contributed by atoms with Crippen molar-refractivity contribution >= 4 is 86.2 Å². The number of benzene rings is 16. The van der Waals surface area contributed by atoms with Crippen LogP contribution in [0.5, 0.6) is 0 Å². The smallest absolute Gasteiger partial charge is 0.164 e. The van der Waals surface area contributed by atoms with Gasteiger partial charge in [0.05, 0.1) is 22.8 Å². The van der Waals surface area contributed by atoms with E-state index >= 15 is 0 Å². The molecule has 0 radical (unpaired) electrons. The lowest BCUT2D eigenvalue weighted by atomic mass is 9.98. The van der Waals surface area contributed by atoms with Crippen molar-refractivity contribution in [3.05, 3.63) is 393 Å². The van der Waals surface area contributed by atoms with Gasteiger partial charge < -0.3 is 0 Å². The molecule has 0 saturated carbocycles. The highest BCUT2D eigenvalue weighted by molar-refractivity contribution is 5.97. The van der Waals surface area contributed by atoms with Gasteiger partial charge in [-0.3, -0.25) is 4.98 Å². The summed E-state index contributed by atoms with van der Waals surface area (Å²) in [7, 11) is 0. The molecule has 20 rings (SSSR count).